The lowest BCUT2D eigenvalue weighted by molar-refractivity contribution is 0.505. The summed E-state index contributed by atoms with van der Waals surface area (Å²) in [6.45, 7) is 0.101. The zero-order valence-electron chi connectivity index (χ0n) is 9.97. The minimum atomic E-state index is -3.97. The molecule has 1 heterocycles. The Bertz CT molecular complexity index is 633. The van der Waals surface area contributed by atoms with Crippen LogP contribution in [0.2, 0.25) is 0 Å². The topological polar surface area (TPSA) is 85.3 Å². The zero-order chi connectivity index (χ0) is 13.9. The van der Waals surface area contributed by atoms with E-state index in [9.17, 15) is 12.8 Å². The quantitative estimate of drug-likeness (QED) is 0.815. The SMILES string of the molecule is Nc1cccc(F)c1S(=O)(=O)NCCc1ccco1. The lowest BCUT2D eigenvalue weighted by Crippen LogP contribution is -2.27. The number of hydrogen-bond acceptors (Lipinski definition) is 4. The van der Waals surface area contributed by atoms with Crippen LogP contribution >= 0.6 is 0 Å². The van der Waals surface area contributed by atoms with Gasteiger partial charge in [0.15, 0.2) is 0 Å². The molecule has 0 spiro atoms. The summed E-state index contributed by atoms with van der Waals surface area (Å²) >= 11 is 0. The first-order valence-electron chi connectivity index (χ1n) is 5.57. The van der Waals surface area contributed by atoms with Crippen molar-refractivity contribution in [2.75, 3.05) is 12.3 Å². The van der Waals surface area contributed by atoms with Crippen molar-refractivity contribution in [1.29, 1.82) is 0 Å². The molecule has 0 amide bonds. The maximum Gasteiger partial charge on any atom is 0.245 e. The Morgan fingerprint density at radius 2 is 2.05 bits per heavy atom. The third kappa shape index (κ3) is 3.12. The molecule has 1 aromatic carbocycles. The van der Waals surface area contributed by atoms with Crippen LogP contribution in [0.1, 0.15) is 5.76 Å². The summed E-state index contributed by atoms with van der Waals surface area (Å²) in [7, 11) is -3.97. The monoisotopic (exact) mass is 284 g/mol. The Morgan fingerprint density at radius 3 is 2.68 bits per heavy atom. The lowest BCUT2D eigenvalue weighted by Gasteiger charge is -2.09. The van der Waals surface area contributed by atoms with Gasteiger partial charge in [0.25, 0.3) is 0 Å². The maximum atomic E-state index is 13.5. The van der Waals surface area contributed by atoms with Gasteiger partial charge in [-0.1, -0.05) is 6.07 Å². The number of hydrogen-bond donors (Lipinski definition) is 2. The highest BCUT2D eigenvalue weighted by Gasteiger charge is 2.21. The molecule has 0 bridgehead atoms. The minimum absolute atomic E-state index is 0.101. The van der Waals surface area contributed by atoms with Crippen molar-refractivity contribution in [1.82, 2.24) is 4.72 Å². The lowest BCUT2D eigenvalue weighted by atomic mass is 10.3. The van der Waals surface area contributed by atoms with Crippen LogP contribution in [0, 0.1) is 5.82 Å². The summed E-state index contributed by atoms with van der Waals surface area (Å²) in [4.78, 5) is -0.519. The van der Waals surface area contributed by atoms with Gasteiger partial charge in [-0.05, 0) is 24.3 Å². The Balaban J connectivity index is 2.10. The number of furan rings is 1. The van der Waals surface area contributed by atoms with Gasteiger partial charge in [-0.15, -0.1) is 0 Å². The van der Waals surface area contributed by atoms with E-state index in [0.29, 0.717) is 12.2 Å². The van der Waals surface area contributed by atoms with Gasteiger partial charge >= 0.3 is 0 Å². The van der Waals surface area contributed by atoms with Crippen LogP contribution in [0.3, 0.4) is 0 Å². The Hall–Kier alpha value is -1.86. The van der Waals surface area contributed by atoms with Gasteiger partial charge in [0.1, 0.15) is 16.5 Å². The molecule has 102 valence electrons. The van der Waals surface area contributed by atoms with E-state index in [0.717, 1.165) is 6.07 Å². The van der Waals surface area contributed by atoms with Crippen molar-refractivity contribution in [3.8, 4) is 0 Å². The molecule has 2 rings (SSSR count). The summed E-state index contributed by atoms with van der Waals surface area (Å²) in [5.41, 5.74) is 5.38. The third-order valence-corrected chi connectivity index (χ3v) is 4.06. The number of halogens is 1. The molecule has 19 heavy (non-hydrogen) atoms. The average molecular weight is 284 g/mol. The van der Waals surface area contributed by atoms with Crippen molar-refractivity contribution in [2.24, 2.45) is 0 Å². The normalized spacial score (nSPS) is 11.6. The highest BCUT2D eigenvalue weighted by atomic mass is 32.2. The van der Waals surface area contributed by atoms with Crippen molar-refractivity contribution in [3.05, 3.63) is 48.2 Å². The number of benzene rings is 1. The van der Waals surface area contributed by atoms with Gasteiger partial charge in [0.05, 0.1) is 12.0 Å². The molecule has 5 nitrogen and oxygen atoms in total. The van der Waals surface area contributed by atoms with E-state index in [4.69, 9.17) is 10.2 Å². The molecule has 0 radical (unpaired) electrons. The van der Waals surface area contributed by atoms with Crippen LogP contribution in [0.5, 0.6) is 0 Å². The second-order valence-electron chi connectivity index (χ2n) is 3.89. The number of nitrogens with two attached hydrogens (primary N) is 1. The standard InChI is InChI=1S/C12H13FN2O3S/c13-10-4-1-5-11(14)12(10)19(16,17)15-7-6-9-3-2-8-18-9/h1-5,8,15H,6-7,14H2. The van der Waals surface area contributed by atoms with E-state index >= 15 is 0 Å². The first-order valence-corrected chi connectivity index (χ1v) is 7.05. The Labute approximate surface area is 110 Å². The number of nitrogens with one attached hydrogen (secondary N) is 1. The largest absolute Gasteiger partial charge is 0.469 e. The number of nitrogen functional groups attached to an aromatic ring is 1. The molecule has 3 N–H and O–H groups in total. The second kappa shape index (κ2) is 5.41. The second-order valence-corrected chi connectivity index (χ2v) is 5.59. The summed E-state index contributed by atoms with van der Waals surface area (Å²) in [6.07, 6.45) is 1.87. The number of anilines is 1. The molecule has 7 heteroatoms. The molecular weight excluding hydrogens is 271 g/mol. The molecule has 2 aromatic rings. The van der Waals surface area contributed by atoms with E-state index in [1.807, 2.05) is 0 Å². The molecule has 0 fully saturated rings. The van der Waals surface area contributed by atoms with E-state index < -0.39 is 20.7 Å². The van der Waals surface area contributed by atoms with Crippen LogP contribution < -0.4 is 10.5 Å². The fourth-order valence-corrected chi connectivity index (χ4v) is 2.86. The fraction of sp³-hybridized carbons (Fsp3) is 0.167. The minimum Gasteiger partial charge on any atom is -0.469 e. The van der Waals surface area contributed by atoms with E-state index in [2.05, 4.69) is 4.72 Å². The van der Waals surface area contributed by atoms with Crippen LogP contribution in [-0.4, -0.2) is 15.0 Å². The Morgan fingerprint density at radius 1 is 1.26 bits per heavy atom. The predicted molar refractivity (Wildman–Crippen MR) is 68.4 cm³/mol. The van der Waals surface area contributed by atoms with Crippen LogP contribution in [0.15, 0.2) is 45.9 Å². The zero-order valence-corrected chi connectivity index (χ0v) is 10.8. The maximum absolute atomic E-state index is 13.5. The van der Waals surface area contributed by atoms with Crippen LogP contribution in [0.4, 0.5) is 10.1 Å². The van der Waals surface area contributed by atoms with Gasteiger partial charge < -0.3 is 10.2 Å². The fourth-order valence-electron chi connectivity index (χ4n) is 1.64. The molecule has 0 saturated heterocycles. The Kier molecular flexibility index (Phi) is 3.87. The van der Waals surface area contributed by atoms with Gasteiger partial charge in [0.2, 0.25) is 10.0 Å². The van der Waals surface area contributed by atoms with Crippen molar-refractivity contribution < 1.29 is 17.2 Å². The predicted octanol–water partition coefficient (Wildman–Crippen LogP) is 1.52. The van der Waals surface area contributed by atoms with Crippen molar-refractivity contribution >= 4 is 15.7 Å². The molecule has 0 aliphatic heterocycles. The summed E-state index contributed by atoms with van der Waals surface area (Å²) in [6, 6.07) is 7.18. The highest BCUT2D eigenvalue weighted by Crippen LogP contribution is 2.21. The van der Waals surface area contributed by atoms with Crippen molar-refractivity contribution in [2.45, 2.75) is 11.3 Å². The van der Waals surface area contributed by atoms with E-state index in [-0.39, 0.29) is 12.2 Å². The molecule has 0 unspecified atom stereocenters. The molecule has 0 saturated carbocycles. The molecule has 0 aliphatic rings. The van der Waals surface area contributed by atoms with Gasteiger partial charge in [-0.2, -0.15) is 0 Å². The first-order chi connectivity index (χ1) is 9.00. The van der Waals surface area contributed by atoms with Gasteiger partial charge in [-0.25, -0.2) is 17.5 Å². The molecule has 1 aromatic heterocycles. The molecule has 0 aliphatic carbocycles. The van der Waals surface area contributed by atoms with E-state index in [1.165, 1.54) is 18.4 Å². The van der Waals surface area contributed by atoms with Gasteiger partial charge in [-0.3, -0.25) is 0 Å². The highest BCUT2D eigenvalue weighted by molar-refractivity contribution is 7.89. The number of rotatable bonds is 5. The van der Waals surface area contributed by atoms with E-state index in [1.54, 1.807) is 12.1 Å². The molecular formula is C12H13FN2O3S. The smallest absolute Gasteiger partial charge is 0.245 e. The summed E-state index contributed by atoms with van der Waals surface area (Å²) in [5, 5.41) is 0. The first kappa shape index (κ1) is 13.6. The number of sulfonamides is 1. The van der Waals surface area contributed by atoms with Crippen molar-refractivity contribution in [3.63, 3.8) is 0 Å². The summed E-state index contributed by atoms with van der Waals surface area (Å²) in [5.74, 6) is -0.227. The average Bonchev–Trinajstić information content (AvgIpc) is 2.81. The van der Waals surface area contributed by atoms with Crippen LogP contribution in [0.25, 0.3) is 0 Å². The van der Waals surface area contributed by atoms with Crippen LogP contribution in [-0.2, 0) is 16.4 Å². The third-order valence-electron chi connectivity index (χ3n) is 2.51. The summed E-state index contributed by atoms with van der Waals surface area (Å²) < 4.78 is 44.8. The van der Waals surface area contributed by atoms with Gasteiger partial charge in [0, 0.05) is 13.0 Å². The molecule has 0 atom stereocenters.